The predicted molar refractivity (Wildman–Crippen MR) is 93.4 cm³/mol. The molecule has 5 atom stereocenters. The van der Waals surface area contributed by atoms with Crippen LogP contribution in [0.5, 0.6) is 0 Å². The smallest absolute Gasteiger partial charge is 0.316 e. The largest absolute Gasteiger partial charge is 0.462 e. The molecule has 27 heavy (non-hydrogen) atoms. The van der Waals surface area contributed by atoms with Crippen molar-refractivity contribution in [3.8, 4) is 0 Å². The van der Waals surface area contributed by atoms with Crippen LogP contribution in [0.1, 0.15) is 24.3 Å². The third kappa shape index (κ3) is 4.20. The number of rotatable bonds is 5. The molecule has 4 rings (SSSR count). The summed E-state index contributed by atoms with van der Waals surface area (Å²) in [6, 6.07) is 10.1. The average molecular weight is 380 g/mol. The Bertz CT molecular complexity index is 653. The van der Waals surface area contributed by atoms with E-state index in [2.05, 4.69) is 16.8 Å². The molecule has 0 saturated carbocycles. The summed E-state index contributed by atoms with van der Waals surface area (Å²) in [4.78, 5) is 27.2. The number of carbonyl (C=O) groups is 1. The van der Waals surface area contributed by atoms with Crippen LogP contribution in [0.3, 0.4) is 0 Å². The quantitative estimate of drug-likeness (QED) is 0.344. The van der Waals surface area contributed by atoms with Crippen molar-refractivity contribution >= 4 is 5.97 Å². The molecule has 9 heteroatoms. The van der Waals surface area contributed by atoms with Crippen LogP contribution >= 0.6 is 0 Å². The zero-order chi connectivity index (χ0) is 19.6. The second-order valence-corrected chi connectivity index (χ2v) is 6.95. The minimum atomic E-state index is -0.875. The summed E-state index contributed by atoms with van der Waals surface area (Å²) in [7, 11) is 3.13. The topological polar surface area (TPSA) is 115 Å². The van der Waals surface area contributed by atoms with Gasteiger partial charge in [-0.05, 0) is 12.6 Å². The number of benzene rings is 1. The van der Waals surface area contributed by atoms with Crippen LogP contribution in [-0.4, -0.2) is 72.2 Å². The lowest BCUT2D eigenvalue weighted by Crippen LogP contribution is -2.48. The molecule has 2 bridgehead atoms. The van der Waals surface area contributed by atoms with Crippen LogP contribution in [-0.2, 0) is 19.1 Å². The maximum Gasteiger partial charge on any atom is 0.316 e. The second kappa shape index (κ2) is 8.20. The molecule has 1 aromatic carbocycles. The van der Waals surface area contributed by atoms with E-state index in [0.29, 0.717) is 24.3 Å². The van der Waals surface area contributed by atoms with Gasteiger partial charge in [0, 0.05) is 24.9 Å². The first-order valence-electron chi connectivity index (χ1n) is 8.88. The number of fused-ring (bicyclic) bond motifs is 5. The Labute approximate surface area is 156 Å². The molecule has 0 radical (unpaired) electrons. The van der Waals surface area contributed by atoms with Gasteiger partial charge in [0.1, 0.15) is 24.2 Å². The number of carbonyl (C=O) groups excluding carboxylic acids is 1. The number of ether oxygens (including phenoxy) is 2. The zero-order valence-corrected chi connectivity index (χ0v) is 15.3. The van der Waals surface area contributed by atoms with Gasteiger partial charge in [-0.1, -0.05) is 30.3 Å². The molecule has 0 aromatic heterocycles. The summed E-state index contributed by atoms with van der Waals surface area (Å²) in [5.41, 5.74) is 0.803. The van der Waals surface area contributed by atoms with Crippen LogP contribution in [0, 0.1) is 10.1 Å². The summed E-state index contributed by atoms with van der Waals surface area (Å²) >= 11 is 0. The molecule has 3 saturated heterocycles. The standard InChI is InChI=1S/C17H21NO4.CH3NO3/c1-18-13-7-11(8-14(18)16-15(13)22-16)21-17(20)12(9-19)10-5-3-2-4-6-10;1-5-2(3)4/h2-6,11-16,19H,7-9H2,1H3;1H3. The van der Waals surface area contributed by atoms with E-state index in [0.717, 1.165) is 25.5 Å². The number of hydrogen-bond acceptors (Lipinski definition) is 8. The van der Waals surface area contributed by atoms with Gasteiger partial charge >= 0.3 is 5.97 Å². The minimum absolute atomic E-state index is 0.0622. The van der Waals surface area contributed by atoms with E-state index < -0.39 is 11.0 Å². The van der Waals surface area contributed by atoms with Gasteiger partial charge in [0.05, 0.1) is 13.7 Å². The Morgan fingerprint density at radius 3 is 2.37 bits per heavy atom. The Kier molecular flexibility index (Phi) is 5.93. The number of likely N-dealkylation sites (N-methyl/N-ethyl adjacent to an activating group) is 1. The lowest BCUT2D eigenvalue weighted by Gasteiger charge is -2.38. The fourth-order valence-electron chi connectivity index (χ4n) is 4.04. The van der Waals surface area contributed by atoms with Crippen molar-refractivity contribution in [2.45, 2.75) is 49.2 Å². The number of aliphatic hydroxyl groups is 1. The Hall–Kier alpha value is -2.23. The highest BCUT2D eigenvalue weighted by Gasteiger charge is 2.62. The lowest BCUT2D eigenvalue weighted by molar-refractivity contribution is -0.749. The fourth-order valence-corrected chi connectivity index (χ4v) is 4.04. The summed E-state index contributed by atoms with van der Waals surface area (Å²) in [6.07, 6.45) is 2.26. The van der Waals surface area contributed by atoms with Crippen molar-refractivity contribution in [2.75, 3.05) is 20.8 Å². The lowest BCUT2D eigenvalue weighted by atomic mass is 9.97. The molecule has 1 aromatic rings. The van der Waals surface area contributed by atoms with Gasteiger partial charge in [-0.2, -0.15) is 0 Å². The predicted octanol–water partition coefficient (Wildman–Crippen LogP) is 0.743. The Morgan fingerprint density at radius 1 is 1.33 bits per heavy atom. The number of aliphatic hydroxyl groups excluding tert-OH is 1. The van der Waals surface area contributed by atoms with Crippen LogP contribution in [0.25, 0.3) is 0 Å². The van der Waals surface area contributed by atoms with Gasteiger partial charge in [0.2, 0.25) is 0 Å². The number of morpholine rings is 1. The molecular formula is C18H24N2O7. The van der Waals surface area contributed by atoms with Gasteiger partial charge in [-0.25, -0.2) is 0 Å². The summed E-state index contributed by atoms with van der Waals surface area (Å²) in [5, 5.41) is 17.6. The number of epoxide rings is 1. The normalized spacial score (nSPS) is 31.7. The van der Waals surface area contributed by atoms with E-state index in [1.54, 1.807) is 0 Å². The molecule has 3 fully saturated rings. The van der Waals surface area contributed by atoms with Gasteiger partial charge in [-0.15, -0.1) is 10.1 Å². The van der Waals surface area contributed by atoms with E-state index in [-0.39, 0.29) is 18.7 Å². The van der Waals surface area contributed by atoms with Crippen molar-refractivity contribution in [3.05, 3.63) is 46.0 Å². The van der Waals surface area contributed by atoms with Crippen molar-refractivity contribution in [1.82, 2.24) is 4.90 Å². The molecule has 148 valence electrons. The van der Waals surface area contributed by atoms with Crippen molar-refractivity contribution in [1.29, 1.82) is 0 Å². The first-order chi connectivity index (χ1) is 13.0. The minimum Gasteiger partial charge on any atom is -0.462 e. The zero-order valence-electron chi connectivity index (χ0n) is 15.3. The summed E-state index contributed by atoms with van der Waals surface area (Å²) < 4.78 is 11.4. The molecule has 0 aliphatic carbocycles. The monoisotopic (exact) mass is 380 g/mol. The van der Waals surface area contributed by atoms with Gasteiger partial charge in [-0.3, -0.25) is 9.69 Å². The van der Waals surface area contributed by atoms with Gasteiger partial charge < -0.3 is 19.4 Å². The Balaban J connectivity index is 0.000000376. The van der Waals surface area contributed by atoms with Crippen LogP contribution < -0.4 is 0 Å². The van der Waals surface area contributed by atoms with Crippen LogP contribution in [0.2, 0.25) is 0 Å². The first kappa shape index (κ1) is 19.5. The highest BCUT2D eigenvalue weighted by atomic mass is 16.9. The number of piperidine rings is 1. The molecule has 3 aliphatic rings. The SMILES string of the molecule is CN1C2CC(OC(=O)C(CO)c3ccccc3)CC1C1OC12.CO[N+](=O)[O-]. The summed E-state index contributed by atoms with van der Waals surface area (Å²) in [6.45, 7) is -0.226. The average Bonchev–Trinajstić information content (AvgIpc) is 3.42. The maximum absolute atomic E-state index is 12.4. The maximum atomic E-state index is 12.4. The molecule has 5 unspecified atom stereocenters. The van der Waals surface area contributed by atoms with Crippen molar-refractivity contribution in [3.63, 3.8) is 0 Å². The molecule has 3 aliphatic heterocycles. The van der Waals surface area contributed by atoms with Gasteiger partial charge in [0.25, 0.3) is 5.09 Å². The van der Waals surface area contributed by atoms with Crippen molar-refractivity contribution in [2.24, 2.45) is 0 Å². The molecule has 1 N–H and O–H groups in total. The number of esters is 1. The highest BCUT2D eigenvalue weighted by molar-refractivity contribution is 5.78. The third-order valence-corrected chi connectivity index (χ3v) is 5.48. The van der Waals surface area contributed by atoms with Crippen LogP contribution in [0.4, 0.5) is 0 Å². The fraction of sp³-hybridized carbons (Fsp3) is 0.611. The molecule has 9 nitrogen and oxygen atoms in total. The van der Waals surface area contributed by atoms with E-state index in [1.165, 1.54) is 0 Å². The molecule has 3 heterocycles. The highest BCUT2D eigenvalue weighted by Crippen LogP contribution is 2.48. The van der Waals surface area contributed by atoms with E-state index >= 15 is 0 Å². The van der Waals surface area contributed by atoms with E-state index in [9.17, 15) is 9.90 Å². The number of nitrogens with zero attached hydrogens (tertiary/aromatic N) is 2. The third-order valence-electron chi connectivity index (χ3n) is 5.48. The molecule has 0 spiro atoms. The van der Waals surface area contributed by atoms with Gasteiger partial charge in [0.15, 0.2) is 0 Å². The van der Waals surface area contributed by atoms with Crippen LogP contribution in [0.15, 0.2) is 30.3 Å². The van der Waals surface area contributed by atoms with E-state index in [4.69, 9.17) is 19.6 Å². The first-order valence-corrected chi connectivity index (χ1v) is 8.88. The molecule has 0 amide bonds. The van der Waals surface area contributed by atoms with E-state index in [1.807, 2.05) is 30.3 Å². The Morgan fingerprint density at radius 2 is 1.89 bits per heavy atom. The summed E-state index contributed by atoms with van der Waals surface area (Å²) in [5.74, 6) is -0.915. The second-order valence-electron chi connectivity index (χ2n) is 6.95. The molecular weight excluding hydrogens is 356 g/mol. The number of hydrogen-bond donors (Lipinski definition) is 1. The van der Waals surface area contributed by atoms with Crippen molar-refractivity contribution < 1.29 is 29.3 Å².